The van der Waals surface area contributed by atoms with Crippen molar-refractivity contribution in [2.75, 3.05) is 13.1 Å². The van der Waals surface area contributed by atoms with E-state index < -0.39 is 0 Å². The van der Waals surface area contributed by atoms with Crippen LogP contribution in [0.1, 0.15) is 57.4 Å². The molecule has 0 N–H and O–H groups in total. The van der Waals surface area contributed by atoms with Gasteiger partial charge < -0.3 is 9.47 Å². The Bertz CT molecular complexity index is 889. The number of nitrogens with zero attached hydrogens (tertiary/aromatic N) is 4. The molecule has 2 aliphatic rings. The van der Waals surface area contributed by atoms with Crippen LogP contribution in [-0.4, -0.2) is 43.9 Å². The maximum Gasteiger partial charge on any atom is 0.235 e. The number of carbonyl (C=O) groups excluding carboxylic acids is 1. The van der Waals surface area contributed by atoms with Gasteiger partial charge in [-0.05, 0) is 62.0 Å². The topological polar surface area (TPSA) is 51.0 Å². The van der Waals surface area contributed by atoms with E-state index in [2.05, 4.69) is 41.6 Å². The highest BCUT2D eigenvalue weighted by molar-refractivity contribution is 8.00. The lowest BCUT2D eigenvalue weighted by Crippen LogP contribution is -2.34. The van der Waals surface area contributed by atoms with Gasteiger partial charge in [0.2, 0.25) is 5.91 Å². The molecule has 2 aromatic rings. The Labute approximate surface area is 182 Å². The third-order valence-electron chi connectivity index (χ3n) is 6.41. The first-order valence-corrected chi connectivity index (χ1v) is 12.4. The molecule has 3 heterocycles. The molecule has 2 aromatic heterocycles. The summed E-state index contributed by atoms with van der Waals surface area (Å²) in [6.07, 6.45) is 5.85. The van der Waals surface area contributed by atoms with Crippen LogP contribution in [0.25, 0.3) is 10.7 Å². The summed E-state index contributed by atoms with van der Waals surface area (Å²) >= 11 is 3.39. The molecule has 158 valence electrons. The SMILES string of the molecule is C[C@@H](Sc1nnc(-c2cc3c(s2)CC[C@H](C(C)(C)C)C3)n1C)C(=O)N1CCCC1. The maximum absolute atomic E-state index is 12.6. The largest absolute Gasteiger partial charge is 0.342 e. The summed E-state index contributed by atoms with van der Waals surface area (Å²) < 4.78 is 2.05. The number of hydrogen-bond acceptors (Lipinski definition) is 5. The van der Waals surface area contributed by atoms with Gasteiger partial charge in [-0.3, -0.25) is 4.79 Å². The van der Waals surface area contributed by atoms with Crippen molar-refractivity contribution in [1.29, 1.82) is 0 Å². The summed E-state index contributed by atoms with van der Waals surface area (Å²) in [6.45, 7) is 10.8. The second-order valence-corrected chi connectivity index (χ2v) is 12.0. The van der Waals surface area contributed by atoms with Gasteiger partial charge in [0.1, 0.15) is 0 Å². The van der Waals surface area contributed by atoms with E-state index >= 15 is 0 Å². The van der Waals surface area contributed by atoms with E-state index in [-0.39, 0.29) is 11.2 Å². The summed E-state index contributed by atoms with van der Waals surface area (Å²) in [6, 6.07) is 2.33. The second kappa shape index (κ2) is 8.06. The first-order chi connectivity index (χ1) is 13.7. The monoisotopic (exact) mass is 432 g/mol. The van der Waals surface area contributed by atoms with Crippen LogP contribution in [0.15, 0.2) is 11.2 Å². The van der Waals surface area contributed by atoms with Gasteiger partial charge in [-0.1, -0.05) is 32.5 Å². The minimum Gasteiger partial charge on any atom is -0.342 e. The summed E-state index contributed by atoms with van der Waals surface area (Å²) in [5, 5.41) is 9.59. The third-order valence-corrected chi connectivity index (χ3v) is 8.77. The number of thioether (sulfide) groups is 1. The molecule has 0 unspecified atom stereocenters. The molecule has 0 spiro atoms. The number of likely N-dealkylation sites (tertiary alicyclic amines) is 1. The fourth-order valence-corrected chi connectivity index (χ4v) is 6.54. The number of carbonyl (C=O) groups is 1. The zero-order chi connectivity index (χ0) is 20.8. The van der Waals surface area contributed by atoms with E-state index in [0.29, 0.717) is 5.41 Å². The molecule has 29 heavy (non-hydrogen) atoms. The molecule has 4 rings (SSSR count). The van der Waals surface area contributed by atoms with E-state index in [1.54, 1.807) is 0 Å². The van der Waals surface area contributed by atoms with Crippen LogP contribution in [-0.2, 0) is 24.7 Å². The second-order valence-electron chi connectivity index (χ2n) is 9.52. The molecular formula is C22H32N4OS2. The highest BCUT2D eigenvalue weighted by atomic mass is 32.2. The zero-order valence-corrected chi connectivity index (χ0v) is 19.8. The van der Waals surface area contributed by atoms with Gasteiger partial charge >= 0.3 is 0 Å². The molecule has 0 bridgehead atoms. The first kappa shape index (κ1) is 20.9. The van der Waals surface area contributed by atoms with Crippen LogP contribution in [0.5, 0.6) is 0 Å². The molecule has 7 heteroatoms. The van der Waals surface area contributed by atoms with E-state index in [1.165, 1.54) is 39.9 Å². The number of hydrogen-bond donors (Lipinski definition) is 0. The number of aromatic nitrogens is 3. The average molecular weight is 433 g/mol. The molecule has 1 aliphatic carbocycles. The predicted molar refractivity (Wildman–Crippen MR) is 120 cm³/mol. The molecule has 2 atom stereocenters. The van der Waals surface area contributed by atoms with Gasteiger partial charge in [-0.25, -0.2) is 0 Å². The fourth-order valence-electron chi connectivity index (χ4n) is 4.41. The summed E-state index contributed by atoms with van der Waals surface area (Å²) in [7, 11) is 2.02. The molecule has 0 aromatic carbocycles. The van der Waals surface area contributed by atoms with Gasteiger partial charge in [0.25, 0.3) is 0 Å². The maximum atomic E-state index is 12.6. The number of thiophene rings is 1. The highest BCUT2D eigenvalue weighted by Gasteiger charge is 2.31. The minimum absolute atomic E-state index is 0.132. The lowest BCUT2D eigenvalue weighted by Gasteiger charge is -2.33. The van der Waals surface area contributed by atoms with Gasteiger partial charge in [0.15, 0.2) is 11.0 Å². The molecule has 1 fully saturated rings. The number of aryl methyl sites for hydroxylation is 1. The van der Waals surface area contributed by atoms with Crippen LogP contribution < -0.4 is 0 Å². The minimum atomic E-state index is -0.132. The molecule has 5 nitrogen and oxygen atoms in total. The van der Waals surface area contributed by atoms with Crippen molar-refractivity contribution in [2.24, 2.45) is 18.4 Å². The lowest BCUT2D eigenvalue weighted by atomic mass is 9.72. The molecule has 1 amide bonds. The Kier molecular flexibility index (Phi) is 5.81. The van der Waals surface area contributed by atoms with Gasteiger partial charge in [-0.15, -0.1) is 21.5 Å². The van der Waals surface area contributed by atoms with Crippen molar-refractivity contribution < 1.29 is 4.79 Å². The standard InChI is InChI=1S/C22H32N4OS2/c1-14(20(27)26-10-6-7-11-26)28-21-24-23-19(25(21)5)18-13-15-12-16(22(2,3)4)8-9-17(15)29-18/h13-14,16H,6-12H2,1-5H3/t14-,16+/m1/s1. The molecule has 1 saturated heterocycles. The Morgan fingerprint density at radius 3 is 2.69 bits per heavy atom. The van der Waals surface area contributed by atoms with Crippen molar-refractivity contribution in [3.63, 3.8) is 0 Å². The van der Waals surface area contributed by atoms with E-state index in [9.17, 15) is 4.79 Å². The van der Waals surface area contributed by atoms with Crippen LogP contribution in [0.3, 0.4) is 0 Å². The Balaban J connectivity index is 1.49. The van der Waals surface area contributed by atoms with Crippen molar-refractivity contribution >= 4 is 29.0 Å². The van der Waals surface area contributed by atoms with Crippen molar-refractivity contribution in [2.45, 2.75) is 70.2 Å². The highest BCUT2D eigenvalue weighted by Crippen LogP contribution is 2.42. The number of rotatable bonds is 4. The smallest absolute Gasteiger partial charge is 0.235 e. The van der Waals surface area contributed by atoms with Gasteiger partial charge in [-0.2, -0.15) is 0 Å². The molecule has 0 radical (unpaired) electrons. The van der Waals surface area contributed by atoms with Gasteiger partial charge in [0.05, 0.1) is 10.1 Å². The summed E-state index contributed by atoms with van der Waals surface area (Å²) in [4.78, 5) is 17.3. The van der Waals surface area contributed by atoms with Crippen LogP contribution in [0.2, 0.25) is 0 Å². The van der Waals surface area contributed by atoms with E-state index in [4.69, 9.17) is 0 Å². The Hall–Kier alpha value is -1.34. The summed E-state index contributed by atoms with van der Waals surface area (Å²) in [5.74, 6) is 1.87. The normalized spacial score (nSPS) is 20.7. The van der Waals surface area contributed by atoms with Crippen molar-refractivity contribution in [3.05, 3.63) is 16.5 Å². The molecular weight excluding hydrogens is 400 g/mol. The van der Waals surface area contributed by atoms with E-state index in [1.807, 2.05) is 30.2 Å². The van der Waals surface area contributed by atoms with E-state index in [0.717, 1.165) is 49.3 Å². The Morgan fingerprint density at radius 2 is 2.00 bits per heavy atom. The van der Waals surface area contributed by atoms with Crippen LogP contribution in [0.4, 0.5) is 0 Å². The first-order valence-electron chi connectivity index (χ1n) is 10.7. The third kappa shape index (κ3) is 4.26. The Morgan fingerprint density at radius 1 is 1.28 bits per heavy atom. The number of fused-ring (bicyclic) bond motifs is 1. The van der Waals surface area contributed by atoms with Crippen molar-refractivity contribution in [3.8, 4) is 10.7 Å². The van der Waals surface area contributed by atoms with Crippen LogP contribution in [0, 0.1) is 11.3 Å². The van der Waals surface area contributed by atoms with Crippen LogP contribution >= 0.6 is 23.1 Å². The summed E-state index contributed by atoms with van der Waals surface area (Å²) in [5.41, 5.74) is 1.85. The average Bonchev–Trinajstić information content (AvgIpc) is 3.40. The quantitative estimate of drug-likeness (QED) is 0.651. The lowest BCUT2D eigenvalue weighted by molar-refractivity contribution is -0.129. The fraction of sp³-hybridized carbons (Fsp3) is 0.682. The zero-order valence-electron chi connectivity index (χ0n) is 18.2. The number of amides is 1. The molecule has 1 aliphatic heterocycles. The molecule has 0 saturated carbocycles. The predicted octanol–water partition coefficient (Wildman–Crippen LogP) is 4.80. The van der Waals surface area contributed by atoms with Crippen molar-refractivity contribution in [1.82, 2.24) is 19.7 Å². The van der Waals surface area contributed by atoms with Gasteiger partial charge in [0, 0.05) is 25.0 Å².